The molecule has 2 N–H and O–H groups in total. The first-order chi connectivity index (χ1) is 11.6. The van der Waals surface area contributed by atoms with Gasteiger partial charge in [-0.2, -0.15) is 0 Å². The van der Waals surface area contributed by atoms with Crippen molar-refractivity contribution in [1.82, 2.24) is 14.8 Å². The van der Waals surface area contributed by atoms with Crippen molar-refractivity contribution in [2.45, 2.75) is 13.0 Å². The van der Waals surface area contributed by atoms with Gasteiger partial charge in [0, 0.05) is 55.6 Å². The molecule has 0 bridgehead atoms. The molecule has 1 aromatic carbocycles. The van der Waals surface area contributed by atoms with E-state index < -0.39 is 0 Å². The highest BCUT2D eigenvalue weighted by molar-refractivity contribution is 7.13. The molecule has 1 atom stereocenters. The van der Waals surface area contributed by atoms with E-state index in [9.17, 15) is 9.90 Å². The predicted octanol–water partition coefficient (Wildman–Crippen LogP) is 2.03. The van der Waals surface area contributed by atoms with Crippen LogP contribution >= 0.6 is 11.3 Å². The van der Waals surface area contributed by atoms with Gasteiger partial charge in [0.2, 0.25) is 0 Å². The Bertz CT molecular complexity index is 667. The average Bonchev–Trinajstić information content (AvgIpc) is 3.07. The molecule has 0 radical (unpaired) electrons. The van der Waals surface area contributed by atoms with Crippen molar-refractivity contribution in [3.63, 3.8) is 0 Å². The zero-order chi connectivity index (χ0) is 16.9. The topological polar surface area (TPSA) is 68.7 Å². The number of hydrogen-bond acceptors (Lipinski definition) is 6. The third kappa shape index (κ3) is 4.31. The molecule has 0 unspecified atom stereocenters. The smallest absolute Gasteiger partial charge is 0.254 e. The molecule has 0 saturated carbocycles. The van der Waals surface area contributed by atoms with Crippen molar-refractivity contribution in [3.8, 4) is 0 Å². The molecule has 0 spiro atoms. The summed E-state index contributed by atoms with van der Waals surface area (Å²) in [6, 6.07) is 7.52. The summed E-state index contributed by atoms with van der Waals surface area (Å²) in [5, 5.41) is 15.4. The van der Waals surface area contributed by atoms with Crippen molar-refractivity contribution in [3.05, 3.63) is 41.4 Å². The molecule has 1 aliphatic rings. The van der Waals surface area contributed by atoms with Gasteiger partial charge in [0.25, 0.3) is 5.91 Å². The van der Waals surface area contributed by atoms with E-state index in [4.69, 9.17) is 0 Å². The van der Waals surface area contributed by atoms with Crippen LogP contribution in [0.4, 0.5) is 10.8 Å². The normalized spacial score (nSPS) is 16.8. The van der Waals surface area contributed by atoms with Crippen LogP contribution < -0.4 is 5.32 Å². The molecule has 1 amide bonds. The highest BCUT2D eigenvalue weighted by Gasteiger charge is 2.22. The SMILES string of the molecule is C[C@H](O)CN1CCN(C(=O)c2cccc(Nc3nccs3)c2)CC1. The Balaban J connectivity index is 1.61. The number of nitrogens with zero attached hydrogens (tertiary/aromatic N) is 3. The molecule has 6 nitrogen and oxygen atoms in total. The van der Waals surface area contributed by atoms with E-state index in [1.54, 1.807) is 13.1 Å². The molecule has 2 heterocycles. The molecule has 1 aromatic heterocycles. The average molecular weight is 346 g/mol. The number of aliphatic hydroxyl groups excluding tert-OH is 1. The van der Waals surface area contributed by atoms with Crippen molar-refractivity contribution in [2.24, 2.45) is 0 Å². The molecule has 24 heavy (non-hydrogen) atoms. The molecule has 3 rings (SSSR count). The zero-order valence-electron chi connectivity index (χ0n) is 13.7. The molecule has 1 aliphatic heterocycles. The lowest BCUT2D eigenvalue weighted by atomic mass is 10.1. The zero-order valence-corrected chi connectivity index (χ0v) is 14.5. The third-order valence-electron chi connectivity index (χ3n) is 3.98. The second kappa shape index (κ2) is 7.74. The summed E-state index contributed by atoms with van der Waals surface area (Å²) in [6.07, 6.45) is 1.41. The highest BCUT2D eigenvalue weighted by atomic mass is 32.1. The fourth-order valence-electron chi connectivity index (χ4n) is 2.83. The van der Waals surface area contributed by atoms with Gasteiger partial charge in [0.05, 0.1) is 6.10 Å². The Hall–Kier alpha value is -1.96. The number of anilines is 2. The number of amides is 1. The van der Waals surface area contributed by atoms with Gasteiger partial charge >= 0.3 is 0 Å². The molecular formula is C17H22N4O2S. The largest absolute Gasteiger partial charge is 0.392 e. The number of β-amino-alcohol motifs (C(OH)–C–C–N with tert-alkyl or cyclic N) is 1. The first kappa shape index (κ1) is 16.9. The van der Waals surface area contributed by atoms with E-state index in [0.29, 0.717) is 25.2 Å². The second-order valence-corrected chi connectivity index (χ2v) is 6.88. The third-order valence-corrected chi connectivity index (χ3v) is 4.66. The number of benzene rings is 1. The molecule has 1 saturated heterocycles. The monoisotopic (exact) mass is 346 g/mol. The van der Waals surface area contributed by atoms with Gasteiger partial charge in [-0.15, -0.1) is 11.3 Å². The van der Waals surface area contributed by atoms with Crippen LogP contribution in [0.25, 0.3) is 0 Å². The Morgan fingerprint density at radius 3 is 2.83 bits per heavy atom. The molecule has 128 valence electrons. The van der Waals surface area contributed by atoms with Crippen LogP contribution in [-0.2, 0) is 0 Å². The number of piperazine rings is 1. The summed E-state index contributed by atoms with van der Waals surface area (Å²) >= 11 is 1.52. The lowest BCUT2D eigenvalue weighted by Crippen LogP contribution is -2.50. The Labute approximate surface area is 145 Å². The molecule has 1 fully saturated rings. The van der Waals surface area contributed by atoms with E-state index in [0.717, 1.165) is 23.9 Å². The predicted molar refractivity (Wildman–Crippen MR) is 95.9 cm³/mol. The van der Waals surface area contributed by atoms with Crippen LogP contribution in [0.15, 0.2) is 35.8 Å². The minimum Gasteiger partial charge on any atom is -0.392 e. The number of nitrogens with one attached hydrogen (secondary N) is 1. The van der Waals surface area contributed by atoms with Crippen LogP contribution in [0, 0.1) is 0 Å². The Kier molecular flexibility index (Phi) is 5.44. The number of carbonyl (C=O) groups excluding carboxylic acids is 1. The van der Waals surface area contributed by atoms with Crippen molar-refractivity contribution in [2.75, 3.05) is 38.0 Å². The molecule has 7 heteroatoms. The summed E-state index contributed by atoms with van der Waals surface area (Å²) in [5.41, 5.74) is 1.55. The number of rotatable bonds is 5. The lowest BCUT2D eigenvalue weighted by Gasteiger charge is -2.35. The fraction of sp³-hybridized carbons (Fsp3) is 0.412. The van der Waals surface area contributed by atoms with Crippen LogP contribution in [0.1, 0.15) is 17.3 Å². The van der Waals surface area contributed by atoms with E-state index in [2.05, 4.69) is 15.2 Å². The minimum atomic E-state index is -0.333. The van der Waals surface area contributed by atoms with Gasteiger partial charge in [-0.25, -0.2) is 4.98 Å². The summed E-state index contributed by atoms with van der Waals surface area (Å²) in [5.74, 6) is 0.0504. The number of aliphatic hydroxyl groups is 1. The van der Waals surface area contributed by atoms with Crippen molar-refractivity contribution < 1.29 is 9.90 Å². The minimum absolute atomic E-state index is 0.0504. The van der Waals surface area contributed by atoms with Crippen LogP contribution in [0.3, 0.4) is 0 Å². The van der Waals surface area contributed by atoms with Crippen molar-refractivity contribution in [1.29, 1.82) is 0 Å². The molecule has 2 aromatic rings. The van der Waals surface area contributed by atoms with Crippen LogP contribution in [0.5, 0.6) is 0 Å². The van der Waals surface area contributed by atoms with Crippen molar-refractivity contribution >= 4 is 28.1 Å². The number of carbonyl (C=O) groups is 1. The summed E-state index contributed by atoms with van der Waals surface area (Å²) < 4.78 is 0. The summed E-state index contributed by atoms with van der Waals surface area (Å²) in [4.78, 5) is 21.0. The summed E-state index contributed by atoms with van der Waals surface area (Å²) in [7, 11) is 0. The first-order valence-corrected chi connectivity index (χ1v) is 8.96. The van der Waals surface area contributed by atoms with Gasteiger partial charge in [0.15, 0.2) is 5.13 Å². The van der Waals surface area contributed by atoms with E-state index in [1.807, 2.05) is 34.5 Å². The fourth-order valence-corrected chi connectivity index (χ4v) is 3.38. The van der Waals surface area contributed by atoms with Gasteiger partial charge in [-0.3, -0.25) is 9.69 Å². The van der Waals surface area contributed by atoms with E-state index >= 15 is 0 Å². The number of aromatic nitrogens is 1. The highest BCUT2D eigenvalue weighted by Crippen LogP contribution is 2.20. The molecular weight excluding hydrogens is 324 g/mol. The lowest BCUT2D eigenvalue weighted by molar-refractivity contribution is 0.0554. The maximum Gasteiger partial charge on any atom is 0.254 e. The number of thiazole rings is 1. The Morgan fingerprint density at radius 1 is 1.38 bits per heavy atom. The number of hydrogen-bond donors (Lipinski definition) is 2. The maximum absolute atomic E-state index is 12.7. The van der Waals surface area contributed by atoms with Crippen LogP contribution in [0.2, 0.25) is 0 Å². The quantitative estimate of drug-likeness (QED) is 0.867. The van der Waals surface area contributed by atoms with Gasteiger partial charge in [0.1, 0.15) is 0 Å². The summed E-state index contributed by atoms with van der Waals surface area (Å²) in [6.45, 7) is 5.43. The van der Waals surface area contributed by atoms with Crippen LogP contribution in [-0.4, -0.2) is 64.6 Å². The van der Waals surface area contributed by atoms with E-state index in [1.165, 1.54) is 11.3 Å². The van der Waals surface area contributed by atoms with Gasteiger partial charge in [-0.05, 0) is 25.1 Å². The maximum atomic E-state index is 12.7. The molecule has 0 aliphatic carbocycles. The van der Waals surface area contributed by atoms with Gasteiger partial charge in [-0.1, -0.05) is 6.07 Å². The second-order valence-electron chi connectivity index (χ2n) is 5.98. The first-order valence-electron chi connectivity index (χ1n) is 8.08. The van der Waals surface area contributed by atoms with Gasteiger partial charge < -0.3 is 15.3 Å². The standard InChI is InChI=1S/C17H22N4O2S/c1-13(22)12-20-6-8-21(9-7-20)16(23)14-3-2-4-15(11-14)19-17-18-5-10-24-17/h2-5,10-11,13,22H,6-9,12H2,1H3,(H,18,19)/t13-/m0/s1. The Morgan fingerprint density at radius 2 is 2.17 bits per heavy atom. The van der Waals surface area contributed by atoms with E-state index in [-0.39, 0.29) is 12.0 Å².